The van der Waals surface area contributed by atoms with Gasteiger partial charge in [-0.05, 0) is 53.6 Å². The lowest BCUT2D eigenvalue weighted by molar-refractivity contribution is -0.132. The number of ether oxygens (including phenoxy) is 3. The van der Waals surface area contributed by atoms with Crippen LogP contribution in [-0.2, 0) is 16.0 Å². The molecule has 0 saturated carbocycles. The predicted molar refractivity (Wildman–Crippen MR) is 141 cm³/mol. The number of carbonyl (C=O) groups is 2. The van der Waals surface area contributed by atoms with Gasteiger partial charge in [0.1, 0.15) is 11.5 Å². The molecule has 0 aliphatic carbocycles. The fraction of sp³-hybridized carbons (Fsp3) is 0.241. The van der Waals surface area contributed by atoms with Gasteiger partial charge in [0.15, 0.2) is 11.5 Å². The van der Waals surface area contributed by atoms with Gasteiger partial charge in [-0.1, -0.05) is 12.1 Å². The lowest BCUT2D eigenvalue weighted by Crippen LogP contribution is -2.29. The number of aliphatic hydroxyl groups excluding tert-OH is 1. The van der Waals surface area contributed by atoms with E-state index in [4.69, 9.17) is 14.2 Å². The molecule has 0 bridgehead atoms. The Balaban J connectivity index is 1.69. The summed E-state index contributed by atoms with van der Waals surface area (Å²) in [6.07, 6.45) is 0.714. The second-order valence-corrected chi connectivity index (χ2v) is 9.12. The number of benzene rings is 3. The zero-order valence-electron chi connectivity index (χ0n) is 21.1. The van der Waals surface area contributed by atoms with Crippen LogP contribution in [0.15, 0.2) is 66.2 Å². The predicted octanol–water partition coefficient (Wildman–Crippen LogP) is 4.33. The molecule has 8 heteroatoms. The first-order valence-electron chi connectivity index (χ1n) is 11.9. The van der Waals surface area contributed by atoms with E-state index >= 15 is 0 Å². The first-order chi connectivity index (χ1) is 17.8. The molecule has 0 radical (unpaired) electrons. The maximum Gasteiger partial charge on any atom is 0.300 e. The third-order valence-corrected chi connectivity index (χ3v) is 6.78. The SMILES string of the molecule is COc1ccc(N2C(=O)C(=O)/C(=C(\O)c3ccc4c(c3)CCO4)C2c2ccc(N(C)C)cc2)cc1OC. The number of hydrogen-bond acceptors (Lipinski definition) is 7. The minimum Gasteiger partial charge on any atom is -0.507 e. The highest BCUT2D eigenvalue weighted by molar-refractivity contribution is 6.51. The highest BCUT2D eigenvalue weighted by Gasteiger charge is 2.47. The van der Waals surface area contributed by atoms with Gasteiger partial charge in [0.2, 0.25) is 0 Å². The van der Waals surface area contributed by atoms with Gasteiger partial charge in [-0.3, -0.25) is 14.5 Å². The average molecular weight is 501 g/mol. The fourth-order valence-corrected chi connectivity index (χ4v) is 4.83. The molecule has 1 atom stereocenters. The maximum absolute atomic E-state index is 13.5. The van der Waals surface area contributed by atoms with E-state index in [-0.39, 0.29) is 11.3 Å². The van der Waals surface area contributed by atoms with E-state index < -0.39 is 17.7 Å². The van der Waals surface area contributed by atoms with Crippen molar-refractivity contribution < 1.29 is 28.9 Å². The number of nitrogens with zero attached hydrogens (tertiary/aromatic N) is 2. The number of aliphatic hydroxyl groups is 1. The van der Waals surface area contributed by atoms with Gasteiger partial charge >= 0.3 is 0 Å². The van der Waals surface area contributed by atoms with E-state index in [9.17, 15) is 14.7 Å². The van der Waals surface area contributed by atoms with E-state index in [0.717, 1.165) is 17.0 Å². The second kappa shape index (κ2) is 9.54. The Morgan fingerprint density at radius 3 is 2.38 bits per heavy atom. The molecular formula is C29H28N2O6. The first kappa shape index (κ1) is 24.2. The summed E-state index contributed by atoms with van der Waals surface area (Å²) in [6.45, 7) is 0.571. The Kier molecular flexibility index (Phi) is 6.25. The van der Waals surface area contributed by atoms with Gasteiger partial charge in [-0.2, -0.15) is 0 Å². The van der Waals surface area contributed by atoms with Crippen LogP contribution in [0.2, 0.25) is 0 Å². The summed E-state index contributed by atoms with van der Waals surface area (Å²) >= 11 is 0. The molecule has 8 nitrogen and oxygen atoms in total. The van der Waals surface area contributed by atoms with Crippen LogP contribution in [0.4, 0.5) is 11.4 Å². The Morgan fingerprint density at radius 1 is 0.973 bits per heavy atom. The van der Waals surface area contributed by atoms with Crippen molar-refractivity contribution in [2.45, 2.75) is 12.5 Å². The van der Waals surface area contributed by atoms with Crippen molar-refractivity contribution in [2.24, 2.45) is 0 Å². The number of carbonyl (C=O) groups excluding carboxylic acids is 2. The monoisotopic (exact) mass is 500 g/mol. The van der Waals surface area contributed by atoms with Crippen molar-refractivity contribution in [3.63, 3.8) is 0 Å². The van der Waals surface area contributed by atoms with Crippen LogP contribution in [-0.4, -0.2) is 51.7 Å². The molecule has 37 heavy (non-hydrogen) atoms. The largest absolute Gasteiger partial charge is 0.507 e. The van der Waals surface area contributed by atoms with Gasteiger partial charge in [0.25, 0.3) is 11.7 Å². The van der Waals surface area contributed by atoms with Crippen molar-refractivity contribution in [3.8, 4) is 17.2 Å². The molecule has 1 amide bonds. The van der Waals surface area contributed by atoms with Crippen molar-refractivity contribution in [1.29, 1.82) is 0 Å². The van der Waals surface area contributed by atoms with Gasteiger partial charge in [0, 0.05) is 43.5 Å². The van der Waals surface area contributed by atoms with Gasteiger partial charge < -0.3 is 24.2 Å². The van der Waals surface area contributed by atoms with E-state index in [1.165, 1.54) is 19.1 Å². The van der Waals surface area contributed by atoms with Crippen LogP contribution in [0.3, 0.4) is 0 Å². The van der Waals surface area contributed by atoms with Crippen LogP contribution in [0.1, 0.15) is 22.7 Å². The van der Waals surface area contributed by atoms with Crippen molar-refractivity contribution in [1.82, 2.24) is 0 Å². The summed E-state index contributed by atoms with van der Waals surface area (Å²) in [5.74, 6) is -0.0427. The molecular weight excluding hydrogens is 472 g/mol. The Labute approximate surface area is 215 Å². The Hall–Kier alpha value is -4.46. The van der Waals surface area contributed by atoms with E-state index in [2.05, 4.69) is 0 Å². The summed E-state index contributed by atoms with van der Waals surface area (Å²) in [4.78, 5) is 30.3. The lowest BCUT2D eigenvalue weighted by atomic mass is 9.94. The first-order valence-corrected chi connectivity index (χ1v) is 11.9. The van der Waals surface area contributed by atoms with Crippen molar-refractivity contribution in [3.05, 3.63) is 82.9 Å². The average Bonchev–Trinajstić information content (AvgIpc) is 3.49. The van der Waals surface area contributed by atoms with Gasteiger partial charge in [0.05, 0.1) is 32.4 Å². The van der Waals surface area contributed by atoms with E-state index in [1.807, 2.05) is 49.3 Å². The third kappa shape index (κ3) is 4.14. The number of ketones is 1. The Morgan fingerprint density at radius 2 is 1.70 bits per heavy atom. The molecule has 1 fully saturated rings. The number of hydrogen-bond donors (Lipinski definition) is 1. The molecule has 1 unspecified atom stereocenters. The lowest BCUT2D eigenvalue weighted by Gasteiger charge is -2.26. The molecule has 2 aliphatic heterocycles. The third-order valence-electron chi connectivity index (χ3n) is 6.78. The summed E-state index contributed by atoms with van der Waals surface area (Å²) in [5.41, 5.74) is 3.53. The van der Waals surface area contributed by atoms with Gasteiger partial charge in [-0.15, -0.1) is 0 Å². The molecule has 1 saturated heterocycles. The zero-order chi connectivity index (χ0) is 26.3. The van der Waals surface area contributed by atoms with Crippen molar-refractivity contribution in [2.75, 3.05) is 44.7 Å². The maximum atomic E-state index is 13.5. The molecule has 1 N–H and O–H groups in total. The van der Waals surface area contributed by atoms with E-state index in [0.29, 0.717) is 41.3 Å². The molecule has 2 aliphatic rings. The van der Waals surface area contributed by atoms with Crippen molar-refractivity contribution >= 4 is 28.8 Å². The van der Waals surface area contributed by atoms with Crippen LogP contribution < -0.4 is 24.0 Å². The number of Topliss-reactive ketones (excluding diaryl/α,β-unsaturated/α-hetero) is 1. The van der Waals surface area contributed by atoms with Gasteiger partial charge in [-0.25, -0.2) is 0 Å². The number of amides is 1. The minimum atomic E-state index is -0.848. The highest BCUT2D eigenvalue weighted by atomic mass is 16.5. The van der Waals surface area contributed by atoms with Crippen LogP contribution in [0.5, 0.6) is 17.2 Å². The number of fused-ring (bicyclic) bond motifs is 1. The van der Waals surface area contributed by atoms with E-state index in [1.54, 1.807) is 30.3 Å². The fourth-order valence-electron chi connectivity index (χ4n) is 4.83. The molecule has 2 heterocycles. The number of anilines is 2. The number of rotatable bonds is 6. The zero-order valence-corrected chi connectivity index (χ0v) is 21.1. The quantitative estimate of drug-likeness (QED) is 0.306. The topological polar surface area (TPSA) is 88.5 Å². The van der Waals surface area contributed by atoms with Crippen LogP contribution in [0, 0.1) is 0 Å². The molecule has 0 aromatic heterocycles. The molecule has 3 aromatic rings. The number of methoxy groups -OCH3 is 2. The standard InChI is InChI=1S/C29H28N2O6/c1-30(2)20-8-5-17(6-9-20)26-25(27(32)19-7-11-22-18(15-19)13-14-37-22)28(33)29(34)31(26)21-10-12-23(35-3)24(16-21)36-4/h5-12,15-16,26,32H,13-14H2,1-4H3/b27-25-. The molecule has 3 aromatic carbocycles. The molecule has 190 valence electrons. The molecule has 5 rings (SSSR count). The summed E-state index contributed by atoms with van der Waals surface area (Å²) < 4.78 is 16.4. The summed E-state index contributed by atoms with van der Waals surface area (Å²) in [6, 6.07) is 17.0. The van der Waals surface area contributed by atoms with Crippen LogP contribution in [0.25, 0.3) is 5.76 Å². The summed E-state index contributed by atoms with van der Waals surface area (Å²) in [7, 11) is 6.90. The Bertz CT molecular complexity index is 1410. The van der Waals surface area contributed by atoms with Crippen LogP contribution >= 0.6 is 0 Å². The summed E-state index contributed by atoms with van der Waals surface area (Å²) in [5, 5.41) is 11.4. The highest BCUT2D eigenvalue weighted by Crippen LogP contribution is 2.44. The second-order valence-electron chi connectivity index (χ2n) is 9.12. The molecule has 0 spiro atoms. The normalized spacial score (nSPS) is 17.9. The smallest absolute Gasteiger partial charge is 0.300 e. The minimum absolute atomic E-state index is 0.0243.